The number of carboxylic acids is 1. The summed E-state index contributed by atoms with van der Waals surface area (Å²) >= 11 is 0. The second-order valence-corrected chi connectivity index (χ2v) is 4.21. The van der Waals surface area contributed by atoms with E-state index in [2.05, 4.69) is 0 Å². The molecule has 0 amide bonds. The molecule has 0 spiro atoms. The highest BCUT2D eigenvalue weighted by Crippen LogP contribution is 2.30. The lowest BCUT2D eigenvalue weighted by atomic mass is 10.2. The van der Waals surface area contributed by atoms with Gasteiger partial charge in [0.2, 0.25) is 0 Å². The maximum absolute atomic E-state index is 12.0. The molecule has 1 fully saturated rings. The Balaban J connectivity index is 2.42. The minimum absolute atomic E-state index is 0.00301. The van der Waals surface area contributed by atoms with Crippen molar-refractivity contribution in [2.45, 2.75) is 31.4 Å². The smallest absolute Gasteiger partial charge is 0.341 e. The Morgan fingerprint density at radius 3 is 2.94 bits per heavy atom. The van der Waals surface area contributed by atoms with Crippen LogP contribution in [0.2, 0.25) is 0 Å². The number of hydrogen-bond acceptors (Lipinski definition) is 3. The van der Waals surface area contributed by atoms with Crippen LogP contribution >= 0.6 is 0 Å². The monoisotopic (exact) mass is 237 g/mol. The number of hydrogen-bond donors (Lipinski definition) is 1. The Labute approximate surface area is 98.6 Å². The summed E-state index contributed by atoms with van der Waals surface area (Å²) in [6.45, 7) is 0. The first-order valence-electron chi connectivity index (χ1n) is 5.62. The maximum atomic E-state index is 12.0. The second kappa shape index (κ2) is 4.71. The topological polar surface area (TPSA) is 68.5 Å². The van der Waals surface area contributed by atoms with Gasteiger partial charge in [0.05, 0.1) is 12.1 Å². The molecule has 2 rings (SSSR count). The Hall–Kier alpha value is -1.62. The van der Waals surface area contributed by atoms with Crippen molar-refractivity contribution in [2.24, 2.45) is 0 Å². The molecule has 1 aliphatic rings. The molecule has 0 bridgehead atoms. The van der Waals surface area contributed by atoms with E-state index in [9.17, 15) is 9.59 Å². The van der Waals surface area contributed by atoms with Gasteiger partial charge in [-0.25, -0.2) is 4.79 Å². The molecule has 2 atom stereocenters. The van der Waals surface area contributed by atoms with Gasteiger partial charge in [0.25, 0.3) is 5.56 Å². The van der Waals surface area contributed by atoms with Crippen molar-refractivity contribution >= 4 is 5.97 Å². The predicted octanol–water partition coefficient (Wildman–Crippen LogP) is 1.29. The molecule has 0 saturated heterocycles. The highest BCUT2D eigenvalue weighted by molar-refractivity contribution is 5.86. The van der Waals surface area contributed by atoms with E-state index in [1.165, 1.54) is 10.6 Å². The molecule has 1 aliphatic carbocycles. The normalized spacial score (nSPS) is 23.8. The van der Waals surface area contributed by atoms with Crippen LogP contribution in [0.1, 0.15) is 35.7 Å². The number of carbonyl (C=O) groups is 1. The van der Waals surface area contributed by atoms with Crippen LogP contribution in [-0.2, 0) is 4.74 Å². The van der Waals surface area contributed by atoms with E-state index in [-0.39, 0.29) is 17.7 Å². The fraction of sp³-hybridized carbons (Fsp3) is 0.500. The van der Waals surface area contributed by atoms with Crippen LogP contribution in [-0.4, -0.2) is 28.9 Å². The van der Waals surface area contributed by atoms with Gasteiger partial charge in [-0.3, -0.25) is 4.79 Å². The average molecular weight is 237 g/mol. The molecule has 0 aromatic carbocycles. The molecule has 17 heavy (non-hydrogen) atoms. The number of pyridine rings is 1. The molecule has 5 nitrogen and oxygen atoms in total. The summed E-state index contributed by atoms with van der Waals surface area (Å²) in [4.78, 5) is 22.9. The quantitative estimate of drug-likeness (QED) is 0.860. The molecule has 92 valence electrons. The largest absolute Gasteiger partial charge is 0.477 e. The summed E-state index contributed by atoms with van der Waals surface area (Å²) in [5.41, 5.74) is -0.636. The zero-order valence-corrected chi connectivity index (χ0v) is 9.63. The van der Waals surface area contributed by atoms with Crippen LogP contribution in [0.15, 0.2) is 23.1 Å². The van der Waals surface area contributed by atoms with Crippen molar-refractivity contribution in [2.75, 3.05) is 7.11 Å². The van der Waals surface area contributed by atoms with E-state index in [1.807, 2.05) is 0 Å². The van der Waals surface area contributed by atoms with Gasteiger partial charge in [-0.2, -0.15) is 0 Å². The van der Waals surface area contributed by atoms with Gasteiger partial charge in [0.15, 0.2) is 0 Å². The number of methoxy groups -OCH3 is 1. The van der Waals surface area contributed by atoms with Crippen LogP contribution in [0.4, 0.5) is 0 Å². The maximum Gasteiger partial charge on any atom is 0.341 e. The van der Waals surface area contributed by atoms with Crippen molar-refractivity contribution in [1.82, 2.24) is 4.57 Å². The first-order valence-corrected chi connectivity index (χ1v) is 5.62. The lowest BCUT2D eigenvalue weighted by Gasteiger charge is -2.20. The van der Waals surface area contributed by atoms with Crippen molar-refractivity contribution in [3.8, 4) is 0 Å². The van der Waals surface area contributed by atoms with Gasteiger partial charge in [0.1, 0.15) is 5.56 Å². The van der Waals surface area contributed by atoms with E-state index in [0.29, 0.717) is 0 Å². The molecule has 0 unspecified atom stereocenters. The molecule has 1 aromatic rings. The minimum Gasteiger partial charge on any atom is -0.477 e. The zero-order valence-electron chi connectivity index (χ0n) is 9.63. The van der Waals surface area contributed by atoms with Crippen LogP contribution in [0.5, 0.6) is 0 Å². The highest BCUT2D eigenvalue weighted by Gasteiger charge is 2.29. The minimum atomic E-state index is -1.18. The number of carboxylic acid groups (broad SMARTS) is 1. The molecule has 0 aliphatic heterocycles. The molecule has 1 heterocycles. The average Bonchev–Trinajstić information content (AvgIpc) is 2.76. The zero-order chi connectivity index (χ0) is 12.4. The van der Waals surface area contributed by atoms with Crippen molar-refractivity contribution in [3.63, 3.8) is 0 Å². The first kappa shape index (κ1) is 11.9. The number of nitrogens with zero attached hydrogens (tertiary/aromatic N) is 1. The summed E-state index contributed by atoms with van der Waals surface area (Å²) in [7, 11) is 1.62. The van der Waals surface area contributed by atoms with Gasteiger partial charge in [0, 0.05) is 13.3 Å². The lowest BCUT2D eigenvalue weighted by molar-refractivity contribution is 0.0677. The molecule has 0 radical (unpaired) electrons. The fourth-order valence-corrected chi connectivity index (χ4v) is 2.43. The highest BCUT2D eigenvalue weighted by atomic mass is 16.5. The third-order valence-corrected chi connectivity index (χ3v) is 3.28. The van der Waals surface area contributed by atoms with Gasteiger partial charge >= 0.3 is 5.97 Å². The summed E-state index contributed by atoms with van der Waals surface area (Å²) in [5, 5.41) is 8.91. The first-order chi connectivity index (χ1) is 8.15. The van der Waals surface area contributed by atoms with Crippen LogP contribution in [0.25, 0.3) is 0 Å². The van der Waals surface area contributed by atoms with Crippen molar-refractivity contribution in [3.05, 3.63) is 34.2 Å². The van der Waals surface area contributed by atoms with E-state index in [1.54, 1.807) is 19.4 Å². The Kier molecular flexibility index (Phi) is 3.28. The Morgan fingerprint density at radius 2 is 2.29 bits per heavy atom. The van der Waals surface area contributed by atoms with Gasteiger partial charge in [-0.05, 0) is 31.4 Å². The lowest BCUT2D eigenvalue weighted by Crippen LogP contribution is -2.32. The number of ether oxygens (including phenoxy) is 1. The van der Waals surface area contributed by atoms with Crippen LogP contribution in [0.3, 0.4) is 0 Å². The van der Waals surface area contributed by atoms with Crippen LogP contribution < -0.4 is 5.56 Å². The van der Waals surface area contributed by atoms with Gasteiger partial charge < -0.3 is 14.4 Å². The summed E-state index contributed by atoms with van der Waals surface area (Å²) < 4.78 is 6.82. The summed E-state index contributed by atoms with van der Waals surface area (Å²) in [5.74, 6) is -1.18. The van der Waals surface area contributed by atoms with E-state index in [0.717, 1.165) is 19.3 Å². The fourth-order valence-electron chi connectivity index (χ4n) is 2.43. The standard InChI is InChI=1S/C12H15NO4/c1-17-10-6-2-5-9(10)13-7-3-4-8(11(13)14)12(15)16/h3-4,7,9-10H,2,5-6H2,1H3,(H,15,16)/t9-,10-/m1/s1. The van der Waals surface area contributed by atoms with Crippen molar-refractivity contribution in [1.29, 1.82) is 0 Å². The van der Waals surface area contributed by atoms with Gasteiger partial charge in [-0.15, -0.1) is 0 Å². The number of aromatic nitrogens is 1. The molecular formula is C12H15NO4. The summed E-state index contributed by atoms with van der Waals surface area (Å²) in [6, 6.07) is 2.88. The third kappa shape index (κ3) is 2.10. The number of aromatic carboxylic acids is 1. The Morgan fingerprint density at radius 1 is 1.53 bits per heavy atom. The van der Waals surface area contributed by atoms with Gasteiger partial charge in [-0.1, -0.05) is 0 Å². The van der Waals surface area contributed by atoms with E-state index < -0.39 is 11.5 Å². The second-order valence-electron chi connectivity index (χ2n) is 4.21. The summed E-state index contributed by atoms with van der Waals surface area (Å²) in [6.07, 6.45) is 4.38. The van der Waals surface area contributed by atoms with E-state index in [4.69, 9.17) is 9.84 Å². The molecule has 5 heteroatoms. The van der Waals surface area contributed by atoms with Crippen molar-refractivity contribution < 1.29 is 14.6 Å². The third-order valence-electron chi connectivity index (χ3n) is 3.28. The Bertz CT molecular complexity index is 480. The van der Waals surface area contributed by atoms with Crippen LogP contribution in [0, 0.1) is 0 Å². The van der Waals surface area contributed by atoms with E-state index >= 15 is 0 Å². The molecule has 1 N–H and O–H groups in total. The molecular weight excluding hydrogens is 222 g/mol. The number of rotatable bonds is 3. The predicted molar refractivity (Wildman–Crippen MR) is 61.3 cm³/mol. The molecule has 1 saturated carbocycles. The molecule has 1 aromatic heterocycles. The SMILES string of the molecule is CO[C@@H]1CCC[C@H]1n1cccc(C(=O)O)c1=O.